The predicted molar refractivity (Wildman–Crippen MR) is 141 cm³/mol. The van der Waals surface area contributed by atoms with Crippen molar-refractivity contribution >= 4 is 17.2 Å². The van der Waals surface area contributed by atoms with Gasteiger partial charge in [-0.2, -0.15) is 0 Å². The molecule has 6 nitrogen and oxygen atoms in total. The van der Waals surface area contributed by atoms with Gasteiger partial charge in [0.2, 0.25) is 6.79 Å². The van der Waals surface area contributed by atoms with Crippen LogP contribution in [0.1, 0.15) is 37.7 Å². The van der Waals surface area contributed by atoms with E-state index in [0.29, 0.717) is 18.8 Å². The first-order chi connectivity index (χ1) is 17.6. The lowest BCUT2D eigenvalue weighted by Crippen LogP contribution is -2.26. The highest BCUT2D eigenvalue weighted by Gasteiger charge is 2.17. The first-order valence-corrected chi connectivity index (χ1v) is 12.9. The molecule has 4 aromatic rings. The van der Waals surface area contributed by atoms with Gasteiger partial charge in [0.15, 0.2) is 11.5 Å². The molecular weight excluding hydrogens is 470 g/mol. The Morgan fingerprint density at radius 1 is 0.917 bits per heavy atom. The molecule has 1 aliphatic rings. The van der Waals surface area contributed by atoms with Gasteiger partial charge in [-0.25, -0.2) is 4.98 Å². The van der Waals surface area contributed by atoms with Crippen molar-refractivity contribution < 1.29 is 14.3 Å². The number of fused-ring (bicyclic) bond motifs is 1. The number of rotatable bonds is 10. The third kappa shape index (κ3) is 6.30. The summed E-state index contributed by atoms with van der Waals surface area (Å²) in [6.45, 7) is 5.08. The number of aryl methyl sites for hydroxylation is 1. The van der Waals surface area contributed by atoms with Crippen LogP contribution in [0.2, 0.25) is 0 Å². The molecule has 0 saturated carbocycles. The van der Waals surface area contributed by atoms with Crippen LogP contribution in [0, 0.1) is 6.92 Å². The molecular formula is C29H29N3O3S. The molecule has 184 valence electrons. The van der Waals surface area contributed by atoms with Gasteiger partial charge in [0, 0.05) is 25.0 Å². The van der Waals surface area contributed by atoms with Gasteiger partial charge in [-0.15, -0.1) is 11.3 Å². The maximum atomic E-state index is 12.7. The fourth-order valence-electron chi connectivity index (χ4n) is 4.15. The number of hydrogen-bond acceptors (Lipinski definition) is 6. The number of nitrogens with one attached hydrogen (secondary N) is 1. The van der Waals surface area contributed by atoms with Crippen LogP contribution in [-0.2, 0) is 26.1 Å². The van der Waals surface area contributed by atoms with Crippen molar-refractivity contribution in [2.75, 3.05) is 13.3 Å². The zero-order valence-corrected chi connectivity index (χ0v) is 21.1. The quantitative estimate of drug-likeness (QED) is 0.319. The third-order valence-corrected chi connectivity index (χ3v) is 6.89. The van der Waals surface area contributed by atoms with Crippen molar-refractivity contribution in [3.05, 3.63) is 111 Å². The van der Waals surface area contributed by atoms with Crippen molar-refractivity contribution in [3.8, 4) is 11.5 Å². The standard InChI is InChI=1S/C29H29N3O3S/c1-21-7-9-23(10-8-21)16-32(17-24-11-12-26-27(15-24)35-20-34-26)18-28-31-25(19-36-28)29(33)30-14-13-22-5-3-2-4-6-22/h2-12,15,19H,13-14,16-18,20H2,1H3,(H,30,33). The average Bonchev–Trinajstić information content (AvgIpc) is 3.55. The number of carbonyl (C=O) groups is 1. The molecule has 0 aliphatic carbocycles. The zero-order valence-electron chi connectivity index (χ0n) is 20.3. The van der Waals surface area contributed by atoms with Crippen LogP contribution in [0.3, 0.4) is 0 Å². The number of ether oxygens (including phenoxy) is 2. The molecule has 0 fully saturated rings. The first-order valence-electron chi connectivity index (χ1n) is 12.1. The maximum Gasteiger partial charge on any atom is 0.270 e. The predicted octanol–water partition coefficient (Wildman–Crippen LogP) is 5.36. The summed E-state index contributed by atoms with van der Waals surface area (Å²) in [5.41, 5.74) is 5.29. The van der Waals surface area contributed by atoms with Crippen molar-refractivity contribution in [1.29, 1.82) is 0 Å². The zero-order chi connectivity index (χ0) is 24.7. The van der Waals surface area contributed by atoms with Gasteiger partial charge in [0.25, 0.3) is 5.91 Å². The molecule has 7 heteroatoms. The summed E-state index contributed by atoms with van der Waals surface area (Å²) < 4.78 is 11.0. The minimum absolute atomic E-state index is 0.130. The minimum atomic E-state index is -0.130. The van der Waals surface area contributed by atoms with E-state index in [0.717, 1.165) is 41.6 Å². The van der Waals surface area contributed by atoms with Crippen LogP contribution in [-0.4, -0.2) is 29.1 Å². The van der Waals surface area contributed by atoms with Crippen LogP contribution in [0.25, 0.3) is 0 Å². The topological polar surface area (TPSA) is 63.7 Å². The normalized spacial score (nSPS) is 12.2. The largest absolute Gasteiger partial charge is 0.454 e. The smallest absolute Gasteiger partial charge is 0.270 e. The van der Waals surface area contributed by atoms with Gasteiger partial charge in [0.05, 0.1) is 6.54 Å². The van der Waals surface area contributed by atoms with Crippen molar-refractivity contribution in [2.45, 2.75) is 33.0 Å². The molecule has 0 spiro atoms. The van der Waals surface area contributed by atoms with Crippen molar-refractivity contribution in [1.82, 2.24) is 15.2 Å². The van der Waals surface area contributed by atoms with Crippen LogP contribution < -0.4 is 14.8 Å². The highest BCUT2D eigenvalue weighted by Crippen LogP contribution is 2.33. The lowest BCUT2D eigenvalue weighted by Gasteiger charge is -2.22. The Bertz CT molecular complexity index is 1310. The van der Waals surface area contributed by atoms with E-state index in [4.69, 9.17) is 9.47 Å². The van der Waals surface area contributed by atoms with E-state index >= 15 is 0 Å². The molecule has 0 saturated heterocycles. The number of benzene rings is 3. The van der Waals surface area contributed by atoms with Gasteiger partial charge < -0.3 is 14.8 Å². The SMILES string of the molecule is Cc1ccc(CN(Cc2ccc3c(c2)OCO3)Cc2nc(C(=O)NCCc3ccccc3)cs2)cc1. The van der Waals surface area contributed by atoms with Gasteiger partial charge in [-0.05, 0) is 42.2 Å². The Hall–Kier alpha value is -3.68. The molecule has 1 amide bonds. The number of nitrogens with zero attached hydrogens (tertiary/aromatic N) is 2. The Labute approximate surface area is 215 Å². The summed E-state index contributed by atoms with van der Waals surface area (Å²) >= 11 is 1.52. The highest BCUT2D eigenvalue weighted by molar-refractivity contribution is 7.09. The Morgan fingerprint density at radius 2 is 1.67 bits per heavy atom. The summed E-state index contributed by atoms with van der Waals surface area (Å²) in [5, 5.41) is 5.75. The summed E-state index contributed by atoms with van der Waals surface area (Å²) in [4.78, 5) is 19.6. The van der Waals surface area contributed by atoms with E-state index < -0.39 is 0 Å². The molecule has 36 heavy (non-hydrogen) atoms. The second-order valence-corrected chi connectivity index (χ2v) is 9.88. The van der Waals surface area contributed by atoms with E-state index in [1.54, 1.807) is 0 Å². The summed E-state index contributed by atoms with van der Waals surface area (Å²) in [7, 11) is 0. The lowest BCUT2D eigenvalue weighted by molar-refractivity contribution is 0.0949. The van der Waals surface area contributed by atoms with Crippen molar-refractivity contribution in [2.24, 2.45) is 0 Å². The number of carbonyl (C=O) groups excluding carboxylic acids is 1. The van der Waals surface area contributed by atoms with Gasteiger partial charge >= 0.3 is 0 Å². The fraction of sp³-hybridized carbons (Fsp3) is 0.241. The third-order valence-electron chi connectivity index (χ3n) is 6.06. The molecule has 5 rings (SSSR count). The van der Waals surface area contributed by atoms with E-state index in [9.17, 15) is 4.79 Å². The number of thiazole rings is 1. The molecule has 1 N–H and O–H groups in total. The van der Waals surface area contributed by atoms with Gasteiger partial charge in [0.1, 0.15) is 10.7 Å². The van der Waals surface area contributed by atoms with Gasteiger partial charge in [-0.1, -0.05) is 66.2 Å². The number of amides is 1. The maximum absolute atomic E-state index is 12.7. The molecule has 3 aromatic carbocycles. The summed E-state index contributed by atoms with van der Waals surface area (Å²) in [5.74, 6) is 1.44. The van der Waals surface area contributed by atoms with Crippen LogP contribution >= 0.6 is 11.3 Å². The number of aromatic nitrogens is 1. The van der Waals surface area contributed by atoms with E-state index in [2.05, 4.69) is 64.6 Å². The first kappa shape index (κ1) is 24.0. The second-order valence-electron chi connectivity index (χ2n) is 8.94. The molecule has 0 bridgehead atoms. The van der Waals surface area contributed by atoms with Gasteiger partial charge in [-0.3, -0.25) is 9.69 Å². The number of hydrogen-bond donors (Lipinski definition) is 1. The Kier molecular flexibility index (Phi) is 7.59. The fourth-order valence-corrected chi connectivity index (χ4v) is 4.97. The van der Waals surface area contributed by atoms with Crippen molar-refractivity contribution in [3.63, 3.8) is 0 Å². The van der Waals surface area contributed by atoms with Crippen LogP contribution in [0.5, 0.6) is 11.5 Å². The Morgan fingerprint density at radius 3 is 2.50 bits per heavy atom. The van der Waals surface area contributed by atoms with Crippen LogP contribution in [0.4, 0.5) is 0 Å². The molecule has 1 aromatic heterocycles. The van der Waals surface area contributed by atoms with E-state index in [-0.39, 0.29) is 12.7 Å². The molecule has 0 radical (unpaired) electrons. The highest BCUT2D eigenvalue weighted by atomic mass is 32.1. The summed E-state index contributed by atoms with van der Waals surface area (Å²) in [6.07, 6.45) is 0.795. The molecule has 0 atom stereocenters. The molecule has 0 unspecified atom stereocenters. The average molecular weight is 500 g/mol. The second kappa shape index (κ2) is 11.4. The lowest BCUT2D eigenvalue weighted by atomic mass is 10.1. The van der Waals surface area contributed by atoms with E-state index in [1.165, 1.54) is 28.0 Å². The molecule has 2 heterocycles. The summed E-state index contributed by atoms with van der Waals surface area (Å²) in [6, 6.07) is 24.8. The molecule has 1 aliphatic heterocycles. The monoisotopic (exact) mass is 499 g/mol. The Balaban J connectivity index is 1.24. The van der Waals surface area contributed by atoms with Crippen LogP contribution in [0.15, 0.2) is 78.2 Å². The van der Waals surface area contributed by atoms with E-state index in [1.807, 2.05) is 35.7 Å². The minimum Gasteiger partial charge on any atom is -0.454 e.